The molecule has 0 bridgehead atoms. The summed E-state index contributed by atoms with van der Waals surface area (Å²) in [5.74, 6) is 0.0487. The summed E-state index contributed by atoms with van der Waals surface area (Å²) < 4.78 is 0. The maximum absolute atomic E-state index is 11.2. The van der Waals surface area contributed by atoms with E-state index in [4.69, 9.17) is 11.6 Å². The maximum atomic E-state index is 11.2. The van der Waals surface area contributed by atoms with Gasteiger partial charge in [-0.2, -0.15) is 4.98 Å². The number of benzene rings is 1. The van der Waals surface area contributed by atoms with Crippen molar-refractivity contribution in [3.8, 4) is 0 Å². The summed E-state index contributed by atoms with van der Waals surface area (Å²) in [5.41, 5.74) is 1.35. The van der Waals surface area contributed by atoms with Crippen molar-refractivity contribution in [2.45, 2.75) is 0 Å². The minimum Gasteiger partial charge on any atom is -0.324 e. The molecule has 1 aromatic heterocycles. The van der Waals surface area contributed by atoms with Crippen molar-refractivity contribution in [3.63, 3.8) is 0 Å². The molecule has 6 nitrogen and oxygen atoms in total. The van der Waals surface area contributed by atoms with Gasteiger partial charge in [-0.25, -0.2) is 9.97 Å². The molecule has 0 fully saturated rings. The van der Waals surface area contributed by atoms with E-state index in [0.29, 0.717) is 17.3 Å². The van der Waals surface area contributed by atoms with Gasteiger partial charge in [0.25, 0.3) is 0 Å². The van der Waals surface area contributed by atoms with Gasteiger partial charge in [0.1, 0.15) is 6.33 Å². The van der Waals surface area contributed by atoms with Crippen LogP contribution in [-0.4, -0.2) is 20.9 Å². The van der Waals surface area contributed by atoms with Crippen LogP contribution in [0.5, 0.6) is 0 Å². The summed E-state index contributed by atoms with van der Waals surface area (Å²) in [5, 5.41) is 5.71. The van der Waals surface area contributed by atoms with Crippen molar-refractivity contribution >= 4 is 34.8 Å². The Labute approximate surface area is 114 Å². The van der Waals surface area contributed by atoms with E-state index in [9.17, 15) is 4.79 Å². The second-order valence-electron chi connectivity index (χ2n) is 3.48. The zero-order chi connectivity index (χ0) is 13.7. The van der Waals surface area contributed by atoms with E-state index < -0.39 is 0 Å². The number of carbonyl (C=O) groups excluding carboxylic acids is 1. The molecule has 0 saturated heterocycles. The lowest BCUT2D eigenvalue weighted by atomic mass is 10.2. The van der Waals surface area contributed by atoms with Gasteiger partial charge >= 0.3 is 0 Å². The molecule has 0 saturated carbocycles. The first kappa shape index (κ1) is 13.0. The summed E-state index contributed by atoms with van der Waals surface area (Å²) >= 11 is 5.66. The number of rotatable bonds is 4. The Hall–Kier alpha value is -2.47. The molecule has 1 heterocycles. The highest BCUT2D eigenvalue weighted by Gasteiger charge is 2.02. The van der Waals surface area contributed by atoms with Crippen LogP contribution in [0.15, 0.2) is 43.2 Å². The Balaban J connectivity index is 2.15. The molecule has 2 N–H and O–H groups in total. The summed E-state index contributed by atoms with van der Waals surface area (Å²) in [4.78, 5) is 22.7. The number of halogens is 1. The monoisotopic (exact) mass is 275 g/mol. The average Bonchev–Trinajstić information content (AvgIpc) is 2.39. The van der Waals surface area contributed by atoms with Gasteiger partial charge in [0.05, 0.1) is 0 Å². The van der Waals surface area contributed by atoms with Crippen LogP contribution in [0.4, 0.5) is 17.3 Å². The number of hydrogen-bond donors (Lipinski definition) is 2. The van der Waals surface area contributed by atoms with Gasteiger partial charge in [-0.05, 0) is 35.9 Å². The number of amides is 1. The fourth-order valence-electron chi connectivity index (χ4n) is 1.33. The second-order valence-corrected chi connectivity index (χ2v) is 3.82. The van der Waals surface area contributed by atoms with E-state index in [0.717, 1.165) is 0 Å². The third-order valence-corrected chi connectivity index (χ3v) is 2.30. The minimum atomic E-state index is -0.277. The number of hydrogen-bond acceptors (Lipinski definition) is 5. The van der Waals surface area contributed by atoms with E-state index in [-0.39, 0.29) is 11.2 Å². The van der Waals surface area contributed by atoms with Gasteiger partial charge in [-0.1, -0.05) is 12.6 Å². The summed E-state index contributed by atoms with van der Waals surface area (Å²) in [7, 11) is 0. The minimum absolute atomic E-state index is 0.105. The topological polar surface area (TPSA) is 79.8 Å². The molecule has 0 radical (unpaired) electrons. The Kier molecular flexibility index (Phi) is 4.04. The highest BCUT2D eigenvalue weighted by Crippen LogP contribution is 2.18. The fourth-order valence-corrected chi connectivity index (χ4v) is 1.46. The van der Waals surface area contributed by atoms with Crippen LogP contribution in [0.2, 0.25) is 5.28 Å². The van der Waals surface area contributed by atoms with E-state index in [1.807, 2.05) is 0 Å². The van der Waals surface area contributed by atoms with Crippen LogP contribution in [0.25, 0.3) is 0 Å². The van der Waals surface area contributed by atoms with Gasteiger partial charge in [0, 0.05) is 11.4 Å². The number of anilines is 3. The van der Waals surface area contributed by atoms with Gasteiger partial charge in [0.15, 0.2) is 0 Å². The highest BCUT2D eigenvalue weighted by atomic mass is 35.5. The van der Waals surface area contributed by atoms with Gasteiger partial charge in [0.2, 0.25) is 17.1 Å². The molecule has 0 unspecified atom stereocenters. The van der Waals surface area contributed by atoms with Crippen LogP contribution >= 0.6 is 11.6 Å². The highest BCUT2D eigenvalue weighted by molar-refractivity contribution is 6.28. The van der Waals surface area contributed by atoms with Crippen molar-refractivity contribution < 1.29 is 4.79 Å². The maximum Gasteiger partial charge on any atom is 0.247 e. The molecule has 1 amide bonds. The lowest BCUT2D eigenvalue weighted by molar-refractivity contribution is -0.111. The summed E-state index contributed by atoms with van der Waals surface area (Å²) in [6, 6.07) is 7.08. The summed E-state index contributed by atoms with van der Waals surface area (Å²) in [6.45, 7) is 3.39. The Morgan fingerprint density at radius 2 is 2.11 bits per heavy atom. The number of nitrogens with zero attached hydrogens (tertiary/aromatic N) is 3. The third kappa shape index (κ3) is 3.75. The van der Waals surface area contributed by atoms with Gasteiger partial charge < -0.3 is 10.6 Å². The van der Waals surface area contributed by atoms with Gasteiger partial charge in [-0.3, -0.25) is 4.79 Å². The first-order chi connectivity index (χ1) is 9.17. The van der Waals surface area contributed by atoms with E-state index in [2.05, 4.69) is 32.2 Å². The lowest BCUT2D eigenvalue weighted by Gasteiger charge is -2.07. The molecule has 1 aromatic carbocycles. The first-order valence-electron chi connectivity index (χ1n) is 5.32. The Morgan fingerprint density at radius 1 is 1.32 bits per heavy atom. The standard InChI is InChI=1S/C12H10ClN5O/c1-2-10(19)16-8-4-3-5-9(6-8)17-12-15-7-14-11(13)18-12/h2-7H,1H2,(H,16,19)(H,14,15,17,18). The molecule has 7 heteroatoms. The van der Waals surface area contributed by atoms with E-state index in [1.54, 1.807) is 24.3 Å². The van der Waals surface area contributed by atoms with Crippen LogP contribution < -0.4 is 10.6 Å². The van der Waals surface area contributed by atoms with E-state index in [1.165, 1.54) is 12.4 Å². The quantitative estimate of drug-likeness (QED) is 0.838. The van der Waals surface area contributed by atoms with Crippen LogP contribution in [0.3, 0.4) is 0 Å². The molecule has 0 atom stereocenters. The SMILES string of the molecule is C=CC(=O)Nc1cccc(Nc2ncnc(Cl)n2)c1. The third-order valence-electron chi connectivity index (χ3n) is 2.11. The molecule has 2 rings (SSSR count). The van der Waals surface area contributed by atoms with Crippen LogP contribution in [0.1, 0.15) is 0 Å². The number of aromatic nitrogens is 3. The van der Waals surface area contributed by atoms with Crippen molar-refractivity contribution in [2.75, 3.05) is 10.6 Å². The lowest BCUT2D eigenvalue weighted by Crippen LogP contribution is -2.07. The Bertz CT molecular complexity index is 617. The zero-order valence-electron chi connectivity index (χ0n) is 9.80. The molecule has 0 aliphatic rings. The molecule has 96 valence electrons. The van der Waals surface area contributed by atoms with E-state index >= 15 is 0 Å². The van der Waals surface area contributed by atoms with Crippen molar-refractivity contribution in [2.24, 2.45) is 0 Å². The normalized spacial score (nSPS) is 9.74. The molecular weight excluding hydrogens is 266 g/mol. The number of carbonyl (C=O) groups is 1. The molecule has 0 spiro atoms. The average molecular weight is 276 g/mol. The zero-order valence-corrected chi connectivity index (χ0v) is 10.6. The second kappa shape index (κ2) is 5.92. The van der Waals surface area contributed by atoms with Crippen LogP contribution in [-0.2, 0) is 4.79 Å². The molecule has 19 heavy (non-hydrogen) atoms. The Morgan fingerprint density at radius 3 is 2.84 bits per heavy atom. The largest absolute Gasteiger partial charge is 0.324 e. The first-order valence-corrected chi connectivity index (χ1v) is 5.70. The molecule has 2 aromatic rings. The van der Waals surface area contributed by atoms with Crippen molar-refractivity contribution in [3.05, 3.63) is 48.5 Å². The van der Waals surface area contributed by atoms with Crippen molar-refractivity contribution in [1.29, 1.82) is 0 Å². The molecule has 0 aliphatic carbocycles. The predicted octanol–water partition coefficient (Wildman–Crippen LogP) is 2.39. The molecular formula is C12H10ClN5O. The smallest absolute Gasteiger partial charge is 0.247 e. The van der Waals surface area contributed by atoms with Crippen LogP contribution in [0, 0.1) is 0 Å². The summed E-state index contributed by atoms with van der Waals surface area (Å²) in [6.07, 6.45) is 2.51. The fraction of sp³-hybridized carbons (Fsp3) is 0. The number of nitrogens with one attached hydrogen (secondary N) is 2. The van der Waals surface area contributed by atoms with Crippen molar-refractivity contribution in [1.82, 2.24) is 15.0 Å². The van der Waals surface area contributed by atoms with Gasteiger partial charge in [-0.15, -0.1) is 0 Å². The predicted molar refractivity (Wildman–Crippen MR) is 73.4 cm³/mol. The molecule has 0 aliphatic heterocycles.